The van der Waals surface area contributed by atoms with Gasteiger partial charge in [-0.05, 0) is 45.8 Å². The molecule has 3 nitrogen and oxygen atoms in total. The van der Waals surface area contributed by atoms with Crippen molar-refractivity contribution < 1.29 is 18.7 Å². The molecule has 0 radical (unpaired) electrons. The number of halogens is 3. The number of hydrogen-bond acceptors (Lipinski definition) is 3. The van der Waals surface area contributed by atoms with Gasteiger partial charge in [0, 0.05) is 5.56 Å². The molecule has 0 bridgehead atoms. The highest BCUT2D eigenvalue weighted by Gasteiger charge is 2.12. The van der Waals surface area contributed by atoms with Gasteiger partial charge < -0.3 is 9.47 Å². The van der Waals surface area contributed by atoms with Crippen LogP contribution in [0.15, 0.2) is 34.8 Å². The highest BCUT2D eigenvalue weighted by molar-refractivity contribution is 9.10. The third-order valence-corrected chi connectivity index (χ3v) is 3.65. The number of rotatable bonds is 5. The number of carbonyl (C=O) groups excluding carboxylic acids is 1. The van der Waals surface area contributed by atoms with Crippen molar-refractivity contribution in [3.05, 3.63) is 56.8 Å². The number of hydrogen-bond donors (Lipinski definition) is 0. The van der Waals surface area contributed by atoms with Gasteiger partial charge in [0.05, 0.1) is 16.6 Å². The number of aldehydes is 1. The molecule has 0 amide bonds. The van der Waals surface area contributed by atoms with Crippen LogP contribution in [-0.2, 0) is 6.61 Å². The lowest BCUT2D eigenvalue weighted by molar-refractivity contribution is 0.112. The molecule has 21 heavy (non-hydrogen) atoms. The van der Waals surface area contributed by atoms with E-state index in [1.54, 1.807) is 18.2 Å². The largest absolute Gasteiger partial charge is 0.493 e. The molecule has 0 aromatic heterocycles. The maximum atomic E-state index is 13.4. The van der Waals surface area contributed by atoms with E-state index >= 15 is 0 Å². The van der Waals surface area contributed by atoms with E-state index in [1.165, 1.54) is 19.2 Å². The van der Waals surface area contributed by atoms with E-state index in [-0.39, 0.29) is 11.6 Å². The van der Waals surface area contributed by atoms with Crippen LogP contribution in [0, 0.1) is 5.82 Å². The van der Waals surface area contributed by atoms with E-state index in [0.717, 1.165) is 0 Å². The second-order valence-corrected chi connectivity index (χ2v) is 5.45. The molecule has 6 heteroatoms. The van der Waals surface area contributed by atoms with Gasteiger partial charge in [0.1, 0.15) is 18.7 Å². The first-order chi connectivity index (χ1) is 10.0. The van der Waals surface area contributed by atoms with Gasteiger partial charge in [0.2, 0.25) is 0 Å². The summed E-state index contributed by atoms with van der Waals surface area (Å²) in [5.41, 5.74) is 1.09. The Morgan fingerprint density at radius 3 is 2.71 bits per heavy atom. The zero-order valence-corrected chi connectivity index (χ0v) is 13.4. The van der Waals surface area contributed by atoms with Crippen molar-refractivity contribution >= 4 is 33.8 Å². The summed E-state index contributed by atoms with van der Waals surface area (Å²) in [4.78, 5) is 10.8. The Labute approximate surface area is 134 Å². The maximum Gasteiger partial charge on any atom is 0.175 e. The van der Waals surface area contributed by atoms with E-state index in [9.17, 15) is 9.18 Å². The van der Waals surface area contributed by atoms with Crippen molar-refractivity contribution in [1.29, 1.82) is 0 Å². The van der Waals surface area contributed by atoms with Gasteiger partial charge in [-0.25, -0.2) is 4.39 Å². The Morgan fingerprint density at radius 2 is 2.10 bits per heavy atom. The minimum absolute atomic E-state index is 0.0628. The molecule has 0 atom stereocenters. The molecule has 2 aromatic rings. The zero-order valence-electron chi connectivity index (χ0n) is 11.0. The van der Waals surface area contributed by atoms with Crippen molar-refractivity contribution in [2.24, 2.45) is 0 Å². The summed E-state index contributed by atoms with van der Waals surface area (Å²) in [7, 11) is 1.48. The van der Waals surface area contributed by atoms with Crippen LogP contribution in [0.3, 0.4) is 0 Å². The van der Waals surface area contributed by atoms with Gasteiger partial charge >= 0.3 is 0 Å². The lowest BCUT2D eigenvalue weighted by Gasteiger charge is -2.13. The van der Waals surface area contributed by atoms with Crippen LogP contribution in [0.2, 0.25) is 5.02 Å². The van der Waals surface area contributed by atoms with Gasteiger partial charge in [-0.3, -0.25) is 4.79 Å². The van der Waals surface area contributed by atoms with E-state index in [1.807, 2.05) is 0 Å². The predicted molar refractivity (Wildman–Crippen MR) is 81.8 cm³/mol. The Hall–Kier alpha value is -1.59. The molecule has 0 aliphatic rings. The number of ether oxygens (including phenoxy) is 2. The van der Waals surface area contributed by atoms with Crippen molar-refractivity contribution in [3.63, 3.8) is 0 Å². The summed E-state index contributed by atoms with van der Waals surface area (Å²) in [6.45, 7) is 0.142. The molecule has 0 N–H and O–H groups in total. The Balaban J connectivity index is 2.23. The Bertz CT molecular complexity index is 676. The fourth-order valence-electron chi connectivity index (χ4n) is 1.73. The quantitative estimate of drug-likeness (QED) is 0.716. The SMILES string of the molecule is COc1cc(C=O)cc(Br)c1OCc1ccc(Cl)c(F)c1. The normalized spacial score (nSPS) is 10.3. The van der Waals surface area contributed by atoms with Crippen LogP contribution in [0.4, 0.5) is 4.39 Å². The highest BCUT2D eigenvalue weighted by Crippen LogP contribution is 2.36. The van der Waals surface area contributed by atoms with Gasteiger partial charge in [-0.2, -0.15) is 0 Å². The molecule has 0 heterocycles. The summed E-state index contributed by atoms with van der Waals surface area (Å²) in [6.07, 6.45) is 0.714. The molecule has 0 spiro atoms. The lowest BCUT2D eigenvalue weighted by Crippen LogP contribution is -2.00. The fraction of sp³-hybridized carbons (Fsp3) is 0.133. The van der Waals surface area contributed by atoms with Gasteiger partial charge in [0.25, 0.3) is 0 Å². The molecular formula is C15H11BrClFO3. The molecule has 0 fully saturated rings. The third kappa shape index (κ3) is 3.74. The number of methoxy groups -OCH3 is 1. The second-order valence-electron chi connectivity index (χ2n) is 4.19. The molecule has 0 aliphatic heterocycles. The van der Waals surface area contributed by atoms with Crippen molar-refractivity contribution in [3.8, 4) is 11.5 Å². The van der Waals surface area contributed by atoms with E-state index < -0.39 is 5.82 Å². The van der Waals surface area contributed by atoms with Crippen LogP contribution in [0.25, 0.3) is 0 Å². The summed E-state index contributed by atoms with van der Waals surface area (Å²) >= 11 is 8.95. The van der Waals surface area contributed by atoms with Crippen LogP contribution in [-0.4, -0.2) is 13.4 Å². The summed E-state index contributed by atoms with van der Waals surface area (Å²) in [5, 5.41) is 0.0628. The van der Waals surface area contributed by atoms with Crippen molar-refractivity contribution in [2.45, 2.75) is 6.61 Å². The molecule has 0 saturated carbocycles. The first-order valence-electron chi connectivity index (χ1n) is 5.94. The van der Waals surface area contributed by atoms with Gasteiger partial charge in [-0.15, -0.1) is 0 Å². The topological polar surface area (TPSA) is 35.5 Å². The molecule has 0 unspecified atom stereocenters. The molecule has 0 saturated heterocycles. The first kappa shape index (κ1) is 15.8. The smallest absolute Gasteiger partial charge is 0.175 e. The van der Waals surface area contributed by atoms with Gasteiger partial charge in [-0.1, -0.05) is 17.7 Å². The molecular weight excluding hydrogens is 363 g/mol. The fourth-order valence-corrected chi connectivity index (χ4v) is 2.42. The predicted octanol–water partition coefficient (Wildman–Crippen LogP) is 4.64. The standard InChI is InChI=1S/C15H11BrClFO3/c1-20-14-6-10(7-19)4-11(16)15(14)21-8-9-2-3-12(17)13(18)5-9/h2-7H,8H2,1H3. The van der Waals surface area contributed by atoms with E-state index in [0.29, 0.717) is 33.4 Å². The van der Waals surface area contributed by atoms with Crippen LogP contribution in [0.5, 0.6) is 11.5 Å². The summed E-state index contributed by atoms with van der Waals surface area (Å²) < 4.78 is 24.8. The van der Waals surface area contributed by atoms with E-state index in [4.69, 9.17) is 21.1 Å². The molecule has 2 aromatic carbocycles. The maximum absolute atomic E-state index is 13.4. The van der Waals surface area contributed by atoms with Crippen LogP contribution in [0.1, 0.15) is 15.9 Å². The summed E-state index contributed by atoms with van der Waals surface area (Å²) in [6, 6.07) is 7.63. The monoisotopic (exact) mass is 372 g/mol. The highest BCUT2D eigenvalue weighted by atomic mass is 79.9. The summed E-state index contributed by atoms with van der Waals surface area (Å²) in [5.74, 6) is 0.361. The van der Waals surface area contributed by atoms with Gasteiger partial charge in [0.15, 0.2) is 11.5 Å². The zero-order chi connectivity index (χ0) is 15.4. The minimum atomic E-state index is -0.500. The van der Waals surface area contributed by atoms with Crippen LogP contribution >= 0.6 is 27.5 Å². The average molecular weight is 374 g/mol. The molecule has 0 aliphatic carbocycles. The third-order valence-electron chi connectivity index (χ3n) is 2.76. The molecule has 110 valence electrons. The minimum Gasteiger partial charge on any atom is -0.493 e. The number of benzene rings is 2. The second kappa shape index (κ2) is 6.91. The Morgan fingerprint density at radius 1 is 1.33 bits per heavy atom. The average Bonchev–Trinajstić information content (AvgIpc) is 2.48. The first-order valence-corrected chi connectivity index (χ1v) is 7.11. The molecule has 2 rings (SSSR count). The lowest BCUT2D eigenvalue weighted by atomic mass is 10.2. The van der Waals surface area contributed by atoms with E-state index in [2.05, 4.69) is 15.9 Å². The van der Waals surface area contributed by atoms with Crippen LogP contribution < -0.4 is 9.47 Å². The van der Waals surface area contributed by atoms with Crippen molar-refractivity contribution in [1.82, 2.24) is 0 Å². The van der Waals surface area contributed by atoms with Crippen molar-refractivity contribution in [2.75, 3.05) is 7.11 Å². The number of carbonyl (C=O) groups is 1. The Kier molecular flexibility index (Phi) is 5.20.